The third-order valence-corrected chi connectivity index (χ3v) is 4.39. The highest BCUT2D eigenvalue weighted by molar-refractivity contribution is 5.36. The van der Waals surface area contributed by atoms with Crippen LogP contribution in [0.4, 0.5) is 10.3 Å². The van der Waals surface area contributed by atoms with Gasteiger partial charge >= 0.3 is 0 Å². The summed E-state index contributed by atoms with van der Waals surface area (Å²) in [5, 5.41) is 10.8. The lowest BCUT2D eigenvalue weighted by Crippen LogP contribution is -2.45. The van der Waals surface area contributed by atoms with Gasteiger partial charge in [0.05, 0.1) is 0 Å². The lowest BCUT2D eigenvalue weighted by molar-refractivity contribution is 0.101. The summed E-state index contributed by atoms with van der Waals surface area (Å²) in [6.45, 7) is 5.42. The molecule has 0 bridgehead atoms. The number of aromatic nitrogens is 2. The second-order valence-corrected chi connectivity index (χ2v) is 6.14. The molecule has 2 heterocycles. The molecule has 2 aromatic rings. The molecule has 0 spiro atoms. The van der Waals surface area contributed by atoms with Crippen molar-refractivity contribution in [3.05, 3.63) is 53.6 Å². The number of likely N-dealkylation sites (N-methyl/N-ethyl adjacent to an activating group) is 1. The van der Waals surface area contributed by atoms with E-state index in [4.69, 9.17) is 0 Å². The Bertz CT molecular complexity index is 649. The Hall–Kier alpha value is -2.05. The summed E-state index contributed by atoms with van der Waals surface area (Å²) in [6, 6.07) is 5.82. The van der Waals surface area contributed by atoms with E-state index in [0.29, 0.717) is 17.1 Å². The summed E-state index contributed by atoms with van der Waals surface area (Å²) in [6.07, 6.45) is 3.29. The van der Waals surface area contributed by atoms with Crippen molar-refractivity contribution in [1.29, 1.82) is 0 Å². The largest absolute Gasteiger partial charge is 0.381 e. The number of aliphatic hydroxyl groups is 1. The van der Waals surface area contributed by atoms with Crippen molar-refractivity contribution in [2.45, 2.75) is 12.5 Å². The van der Waals surface area contributed by atoms with Gasteiger partial charge in [-0.2, -0.15) is 0 Å². The smallest absolute Gasteiger partial charge is 0.225 e. The molecule has 1 aliphatic rings. The van der Waals surface area contributed by atoms with Crippen LogP contribution in [0.25, 0.3) is 0 Å². The minimum Gasteiger partial charge on any atom is -0.381 e. The Morgan fingerprint density at radius 3 is 2.13 bits per heavy atom. The molecular formula is C17H21FN4O. The highest BCUT2D eigenvalue weighted by atomic mass is 19.1. The van der Waals surface area contributed by atoms with Crippen LogP contribution >= 0.6 is 0 Å². The molecule has 1 fully saturated rings. The first-order valence-corrected chi connectivity index (χ1v) is 7.71. The number of hydrogen-bond acceptors (Lipinski definition) is 5. The van der Waals surface area contributed by atoms with E-state index in [2.05, 4.69) is 26.8 Å². The van der Waals surface area contributed by atoms with E-state index < -0.39 is 5.60 Å². The lowest BCUT2D eigenvalue weighted by Gasteiger charge is -2.32. The topological polar surface area (TPSA) is 52.5 Å². The van der Waals surface area contributed by atoms with E-state index in [0.717, 1.165) is 26.2 Å². The van der Waals surface area contributed by atoms with Crippen molar-refractivity contribution in [1.82, 2.24) is 14.9 Å². The van der Waals surface area contributed by atoms with Crippen LogP contribution < -0.4 is 4.90 Å². The van der Waals surface area contributed by atoms with E-state index in [1.54, 1.807) is 31.5 Å². The Morgan fingerprint density at radius 1 is 1.00 bits per heavy atom. The predicted octanol–water partition coefficient (Wildman–Crippen LogP) is 1.62. The van der Waals surface area contributed by atoms with Crippen LogP contribution in [-0.2, 0) is 5.60 Å². The maximum Gasteiger partial charge on any atom is 0.225 e. The second-order valence-electron chi connectivity index (χ2n) is 6.14. The van der Waals surface area contributed by atoms with Crippen LogP contribution in [0.3, 0.4) is 0 Å². The number of anilines is 1. The summed E-state index contributed by atoms with van der Waals surface area (Å²) in [7, 11) is 2.10. The Morgan fingerprint density at radius 2 is 1.57 bits per heavy atom. The molecule has 5 nitrogen and oxygen atoms in total. The van der Waals surface area contributed by atoms with Crippen molar-refractivity contribution in [2.75, 3.05) is 38.1 Å². The van der Waals surface area contributed by atoms with Crippen LogP contribution in [0, 0.1) is 5.82 Å². The zero-order valence-electron chi connectivity index (χ0n) is 13.4. The first kappa shape index (κ1) is 15.8. The van der Waals surface area contributed by atoms with Gasteiger partial charge in [-0.15, -0.1) is 0 Å². The summed E-state index contributed by atoms with van der Waals surface area (Å²) >= 11 is 0. The lowest BCUT2D eigenvalue weighted by atomic mass is 9.90. The van der Waals surface area contributed by atoms with Gasteiger partial charge in [0.1, 0.15) is 11.4 Å². The van der Waals surface area contributed by atoms with Gasteiger partial charge in [-0.05, 0) is 31.7 Å². The van der Waals surface area contributed by atoms with Crippen molar-refractivity contribution < 1.29 is 9.50 Å². The molecule has 0 amide bonds. The fourth-order valence-electron chi connectivity index (χ4n) is 2.68. The molecule has 1 aliphatic heterocycles. The zero-order valence-corrected chi connectivity index (χ0v) is 13.4. The number of nitrogens with zero attached hydrogens (tertiary/aromatic N) is 4. The van der Waals surface area contributed by atoms with Crippen LogP contribution in [-0.4, -0.2) is 53.2 Å². The number of hydrogen-bond donors (Lipinski definition) is 1. The molecular weight excluding hydrogens is 295 g/mol. The molecule has 3 rings (SSSR count). The maximum atomic E-state index is 13.0. The van der Waals surface area contributed by atoms with Gasteiger partial charge in [0, 0.05) is 44.1 Å². The molecule has 0 unspecified atom stereocenters. The number of rotatable bonds is 3. The molecule has 0 aliphatic carbocycles. The molecule has 1 N–H and O–H groups in total. The normalized spacial score (nSPS) is 18.7. The van der Waals surface area contributed by atoms with Crippen LogP contribution in [0.2, 0.25) is 0 Å². The average Bonchev–Trinajstić information content (AvgIpc) is 2.56. The van der Waals surface area contributed by atoms with E-state index >= 15 is 0 Å². The third-order valence-electron chi connectivity index (χ3n) is 4.39. The summed E-state index contributed by atoms with van der Waals surface area (Å²) in [5.41, 5.74) is -0.0641. The fraction of sp³-hybridized carbons (Fsp3) is 0.412. The standard InChI is InChI=1S/C17H21FN4O/c1-17(23,13-3-5-15(18)6-4-13)14-11-19-16(20-12-14)22-9-7-21(2)8-10-22/h3-6,11-12,23H,7-10H2,1-2H3/t17-/m1/s1. The molecule has 6 heteroatoms. The second kappa shape index (κ2) is 6.22. The first-order chi connectivity index (χ1) is 11.0. The Labute approximate surface area is 135 Å². The molecule has 1 saturated heterocycles. The number of halogens is 1. The van der Waals surface area contributed by atoms with Gasteiger partial charge in [0.2, 0.25) is 5.95 Å². The van der Waals surface area contributed by atoms with Gasteiger partial charge in [0.25, 0.3) is 0 Å². The Balaban J connectivity index is 1.79. The molecule has 122 valence electrons. The number of benzene rings is 1. The maximum absolute atomic E-state index is 13.0. The van der Waals surface area contributed by atoms with E-state index in [9.17, 15) is 9.50 Å². The number of piperazine rings is 1. The van der Waals surface area contributed by atoms with Crippen molar-refractivity contribution in [2.24, 2.45) is 0 Å². The molecule has 0 radical (unpaired) electrons. The van der Waals surface area contributed by atoms with E-state index in [1.165, 1.54) is 12.1 Å². The van der Waals surface area contributed by atoms with Crippen molar-refractivity contribution in [3.63, 3.8) is 0 Å². The monoisotopic (exact) mass is 316 g/mol. The minimum atomic E-state index is -1.26. The third kappa shape index (κ3) is 3.33. The van der Waals surface area contributed by atoms with Gasteiger partial charge in [-0.1, -0.05) is 12.1 Å². The van der Waals surface area contributed by atoms with Crippen LogP contribution in [0.1, 0.15) is 18.1 Å². The molecule has 1 atom stereocenters. The first-order valence-electron chi connectivity index (χ1n) is 7.71. The van der Waals surface area contributed by atoms with Gasteiger partial charge in [-0.3, -0.25) is 0 Å². The molecule has 1 aromatic heterocycles. The highest BCUT2D eigenvalue weighted by Gasteiger charge is 2.27. The van der Waals surface area contributed by atoms with Gasteiger partial charge in [0.15, 0.2) is 0 Å². The molecule has 1 aromatic carbocycles. The summed E-state index contributed by atoms with van der Waals surface area (Å²) in [4.78, 5) is 13.2. The van der Waals surface area contributed by atoms with Crippen LogP contribution in [0.5, 0.6) is 0 Å². The average molecular weight is 316 g/mol. The van der Waals surface area contributed by atoms with Gasteiger partial charge < -0.3 is 14.9 Å². The van der Waals surface area contributed by atoms with E-state index in [-0.39, 0.29) is 5.82 Å². The fourth-order valence-corrected chi connectivity index (χ4v) is 2.68. The molecule has 23 heavy (non-hydrogen) atoms. The molecule has 0 saturated carbocycles. The van der Waals surface area contributed by atoms with Gasteiger partial charge in [-0.25, -0.2) is 14.4 Å². The zero-order chi connectivity index (χ0) is 16.4. The van der Waals surface area contributed by atoms with Crippen molar-refractivity contribution in [3.8, 4) is 0 Å². The quantitative estimate of drug-likeness (QED) is 0.933. The summed E-state index contributed by atoms with van der Waals surface area (Å²) < 4.78 is 13.0. The summed E-state index contributed by atoms with van der Waals surface area (Å²) in [5.74, 6) is 0.350. The van der Waals surface area contributed by atoms with E-state index in [1.807, 2.05) is 0 Å². The van der Waals surface area contributed by atoms with Crippen molar-refractivity contribution >= 4 is 5.95 Å². The highest BCUT2D eigenvalue weighted by Crippen LogP contribution is 2.28. The predicted molar refractivity (Wildman–Crippen MR) is 86.8 cm³/mol. The SMILES string of the molecule is CN1CCN(c2ncc([C@](C)(O)c3ccc(F)cc3)cn2)CC1. The minimum absolute atomic E-state index is 0.328. The Kier molecular flexibility index (Phi) is 4.28. The van der Waals surface area contributed by atoms with Crippen LogP contribution in [0.15, 0.2) is 36.7 Å².